The lowest BCUT2D eigenvalue weighted by atomic mass is 10.0. The maximum Gasteiger partial charge on any atom is 0.0721 e. The third-order valence-corrected chi connectivity index (χ3v) is 4.08. The maximum atomic E-state index is 6.16. The minimum Gasteiger partial charge on any atom is -0.378 e. The largest absolute Gasteiger partial charge is 0.378 e. The van der Waals surface area contributed by atoms with E-state index in [-0.39, 0.29) is 11.1 Å². The van der Waals surface area contributed by atoms with Crippen molar-refractivity contribution in [3.8, 4) is 0 Å². The van der Waals surface area contributed by atoms with Crippen LogP contribution in [0.1, 0.15) is 36.8 Å². The molecule has 2 heteroatoms. The zero-order valence-corrected chi connectivity index (χ0v) is 9.83. The fourth-order valence-electron chi connectivity index (χ4n) is 2.34. The number of nitrogens with two attached hydrogens (primary N) is 1. The summed E-state index contributed by atoms with van der Waals surface area (Å²) in [5, 5.41) is 0. The summed E-state index contributed by atoms with van der Waals surface area (Å²) in [5.74, 6) is 0. The molecule has 2 fully saturated rings. The minimum absolute atomic E-state index is 0.00292. The van der Waals surface area contributed by atoms with Gasteiger partial charge in [0.2, 0.25) is 0 Å². The monoisotopic (exact) mass is 217 g/mol. The Bertz CT molecular complexity index is 388. The van der Waals surface area contributed by atoms with Crippen LogP contribution in [-0.4, -0.2) is 12.7 Å². The van der Waals surface area contributed by atoms with Crippen LogP contribution in [0.15, 0.2) is 24.3 Å². The molecule has 0 amide bonds. The minimum atomic E-state index is -0.00292. The number of rotatable bonds is 4. The Kier molecular flexibility index (Phi) is 2.13. The van der Waals surface area contributed by atoms with Gasteiger partial charge >= 0.3 is 0 Å². The van der Waals surface area contributed by atoms with Crippen LogP contribution >= 0.6 is 0 Å². The van der Waals surface area contributed by atoms with Crippen LogP contribution in [-0.2, 0) is 16.7 Å². The molecular formula is C14H19NO. The molecule has 1 aromatic rings. The lowest BCUT2D eigenvalue weighted by Crippen LogP contribution is -2.19. The summed E-state index contributed by atoms with van der Waals surface area (Å²) in [6, 6.07) is 8.80. The highest BCUT2D eigenvalue weighted by atomic mass is 16.5. The van der Waals surface area contributed by atoms with E-state index < -0.39 is 0 Å². The molecular weight excluding hydrogens is 198 g/mol. The van der Waals surface area contributed by atoms with Gasteiger partial charge in [0.15, 0.2) is 0 Å². The van der Waals surface area contributed by atoms with Gasteiger partial charge in [0.1, 0.15) is 0 Å². The zero-order chi connectivity index (χ0) is 11.2. The summed E-state index contributed by atoms with van der Waals surface area (Å²) in [4.78, 5) is 0. The Hall–Kier alpha value is -0.860. The normalized spacial score (nSPS) is 24.1. The molecule has 0 radical (unpaired) electrons. The van der Waals surface area contributed by atoms with Gasteiger partial charge in [0, 0.05) is 19.1 Å². The molecule has 3 rings (SSSR count). The molecule has 2 aliphatic rings. The van der Waals surface area contributed by atoms with Gasteiger partial charge in [-0.15, -0.1) is 0 Å². The molecule has 0 unspecified atom stereocenters. The van der Waals surface area contributed by atoms with Crippen LogP contribution in [0, 0.1) is 0 Å². The van der Waals surface area contributed by atoms with Gasteiger partial charge in [-0.3, -0.25) is 0 Å². The van der Waals surface area contributed by atoms with E-state index in [1.54, 1.807) is 0 Å². The Labute approximate surface area is 96.8 Å². The predicted octanol–water partition coefficient (Wildman–Crippen LogP) is 2.36. The summed E-state index contributed by atoms with van der Waals surface area (Å²) < 4.78 is 5.54. The fraction of sp³-hybridized carbons (Fsp3) is 0.571. The van der Waals surface area contributed by atoms with Crippen LogP contribution in [0.3, 0.4) is 0 Å². The number of hydrogen-bond acceptors (Lipinski definition) is 2. The van der Waals surface area contributed by atoms with Crippen LogP contribution in [0.25, 0.3) is 0 Å². The average molecular weight is 217 g/mol. The Balaban J connectivity index is 1.73. The smallest absolute Gasteiger partial charge is 0.0721 e. The first kappa shape index (κ1) is 10.3. The maximum absolute atomic E-state index is 6.16. The van der Waals surface area contributed by atoms with Crippen LogP contribution in [0.2, 0.25) is 0 Å². The van der Waals surface area contributed by atoms with Gasteiger partial charge < -0.3 is 10.5 Å². The summed E-state index contributed by atoms with van der Waals surface area (Å²) in [7, 11) is 1.82. The molecule has 0 aromatic heterocycles. The van der Waals surface area contributed by atoms with E-state index in [2.05, 4.69) is 24.3 Å². The lowest BCUT2D eigenvalue weighted by Gasteiger charge is -2.14. The fourth-order valence-corrected chi connectivity index (χ4v) is 2.34. The van der Waals surface area contributed by atoms with Crippen molar-refractivity contribution in [1.82, 2.24) is 0 Å². The number of ether oxygens (including phenoxy) is 1. The zero-order valence-electron chi connectivity index (χ0n) is 9.83. The molecule has 16 heavy (non-hydrogen) atoms. The summed E-state index contributed by atoms with van der Waals surface area (Å²) in [6.45, 7) is 0. The number of methoxy groups -OCH3 is 1. The van der Waals surface area contributed by atoms with Crippen molar-refractivity contribution in [2.45, 2.75) is 43.2 Å². The van der Waals surface area contributed by atoms with Gasteiger partial charge in [-0.25, -0.2) is 0 Å². The molecule has 0 heterocycles. The van der Waals surface area contributed by atoms with Crippen molar-refractivity contribution in [1.29, 1.82) is 0 Å². The van der Waals surface area contributed by atoms with Crippen LogP contribution in [0.4, 0.5) is 0 Å². The Morgan fingerprint density at radius 3 is 2.19 bits per heavy atom. The molecule has 2 nitrogen and oxygen atoms in total. The van der Waals surface area contributed by atoms with Gasteiger partial charge in [0.05, 0.1) is 5.60 Å². The van der Waals surface area contributed by atoms with Gasteiger partial charge in [-0.1, -0.05) is 24.3 Å². The van der Waals surface area contributed by atoms with E-state index in [1.807, 2.05) is 7.11 Å². The molecule has 1 aromatic carbocycles. The third kappa shape index (κ3) is 1.76. The first-order valence-electron chi connectivity index (χ1n) is 6.09. The Morgan fingerprint density at radius 2 is 1.75 bits per heavy atom. The topological polar surface area (TPSA) is 35.2 Å². The van der Waals surface area contributed by atoms with E-state index in [0.29, 0.717) is 0 Å². The van der Waals surface area contributed by atoms with Crippen LogP contribution in [0.5, 0.6) is 0 Å². The molecule has 2 saturated carbocycles. The number of benzene rings is 1. The van der Waals surface area contributed by atoms with Crippen molar-refractivity contribution in [3.05, 3.63) is 35.4 Å². The van der Waals surface area contributed by atoms with Gasteiger partial charge in [0.25, 0.3) is 0 Å². The summed E-state index contributed by atoms with van der Waals surface area (Å²) in [5.41, 5.74) is 8.97. The molecule has 0 aliphatic heterocycles. The molecule has 0 bridgehead atoms. The second-order valence-corrected chi connectivity index (χ2v) is 5.42. The van der Waals surface area contributed by atoms with Crippen molar-refractivity contribution in [3.63, 3.8) is 0 Å². The SMILES string of the molecule is COC1(Cc2ccc(C3(N)CC3)cc2)CC1. The highest BCUT2D eigenvalue weighted by Crippen LogP contribution is 2.44. The first-order valence-corrected chi connectivity index (χ1v) is 6.09. The van der Waals surface area contributed by atoms with Crippen molar-refractivity contribution in [2.75, 3.05) is 7.11 Å². The van der Waals surface area contributed by atoms with E-state index in [4.69, 9.17) is 10.5 Å². The van der Waals surface area contributed by atoms with Crippen molar-refractivity contribution < 1.29 is 4.74 Å². The van der Waals surface area contributed by atoms with Crippen molar-refractivity contribution >= 4 is 0 Å². The molecule has 2 aliphatic carbocycles. The molecule has 0 saturated heterocycles. The van der Waals surface area contributed by atoms with Crippen LogP contribution < -0.4 is 5.73 Å². The number of hydrogen-bond donors (Lipinski definition) is 1. The van der Waals surface area contributed by atoms with Gasteiger partial charge in [-0.05, 0) is 36.8 Å². The van der Waals surface area contributed by atoms with E-state index in [0.717, 1.165) is 19.3 Å². The summed E-state index contributed by atoms with van der Waals surface area (Å²) in [6.07, 6.45) is 5.71. The molecule has 0 atom stereocenters. The summed E-state index contributed by atoms with van der Waals surface area (Å²) >= 11 is 0. The highest BCUT2D eigenvalue weighted by molar-refractivity contribution is 5.33. The molecule has 2 N–H and O–H groups in total. The molecule has 86 valence electrons. The standard InChI is InChI=1S/C14H19NO/c1-16-13(6-7-13)10-11-2-4-12(5-3-11)14(15)8-9-14/h2-5H,6-10,15H2,1H3. The third-order valence-electron chi connectivity index (χ3n) is 4.08. The van der Waals surface area contributed by atoms with Gasteiger partial charge in [-0.2, -0.15) is 0 Å². The van der Waals surface area contributed by atoms with E-state index in [1.165, 1.54) is 24.0 Å². The Morgan fingerprint density at radius 1 is 1.12 bits per heavy atom. The highest BCUT2D eigenvalue weighted by Gasteiger charge is 2.43. The average Bonchev–Trinajstić information content (AvgIpc) is 3.20. The lowest BCUT2D eigenvalue weighted by molar-refractivity contribution is 0.0807. The van der Waals surface area contributed by atoms with E-state index >= 15 is 0 Å². The van der Waals surface area contributed by atoms with E-state index in [9.17, 15) is 0 Å². The quantitative estimate of drug-likeness (QED) is 0.840. The second kappa shape index (κ2) is 3.31. The van der Waals surface area contributed by atoms with Crippen molar-refractivity contribution in [2.24, 2.45) is 5.73 Å². The second-order valence-electron chi connectivity index (χ2n) is 5.42. The predicted molar refractivity (Wildman–Crippen MR) is 64.2 cm³/mol. The molecule has 0 spiro atoms. The first-order chi connectivity index (χ1) is 7.66.